The van der Waals surface area contributed by atoms with Crippen molar-refractivity contribution in [2.75, 3.05) is 23.3 Å². The third-order valence-electron chi connectivity index (χ3n) is 5.04. The first kappa shape index (κ1) is 18.7. The lowest BCUT2D eigenvalue weighted by Gasteiger charge is -2.37. The Morgan fingerprint density at radius 2 is 1.93 bits per heavy atom. The molecule has 0 unspecified atom stereocenters. The van der Waals surface area contributed by atoms with E-state index in [-0.39, 0.29) is 18.0 Å². The summed E-state index contributed by atoms with van der Waals surface area (Å²) in [6, 6.07) is 7.34. The summed E-state index contributed by atoms with van der Waals surface area (Å²) < 4.78 is 22.5. The highest BCUT2D eigenvalue weighted by atomic mass is 19.1. The van der Waals surface area contributed by atoms with E-state index in [9.17, 15) is 4.39 Å². The number of nitrogens with zero attached hydrogens (tertiary/aromatic N) is 4. The van der Waals surface area contributed by atoms with E-state index < -0.39 is 0 Å². The Labute approximate surface area is 164 Å². The summed E-state index contributed by atoms with van der Waals surface area (Å²) in [4.78, 5) is 10.9. The molecule has 1 aliphatic rings. The molecule has 1 aliphatic heterocycles. The Morgan fingerprint density at radius 3 is 2.64 bits per heavy atom. The van der Waals surface area contributed by atoms with Gasteiger partial charge >= 0.3 is 0 Å². The van der Waals surface area contributed by atoms with Gasteiger partial charge in [0.2, 0.25) is 5.78 Å². The van der Waals surface area contributed by atoms with Crippen molar-refractivity contribution in [3.8, 4) is 0 Å². The predicted octanol–water partition coefficient (Wildman–Crippen LogP) is 3.71. The normalized spacial score (nSPS) is 20.0. The molecular weight excluding hydrogens is 357 g/mol. The van der Waals surface area contributed by atoms with Crippen molar-refractivity contribution < 1.29 is 9.13 Å². The number of hydrogen-bond acceptors (Lipinski definition) is 5. The van der Waals surface area contributed by atoms with Crippen LogP contribution in [0.1, 0.15) is 30.9 Å². The van der Waals surface area contributed by atoms with Crippen molar-refractivity contribution in [1.29, 1.82) is 0 Å². The van der Waals surface area contributed by atoms with E-state index >= 15 is 0 Å². The van der Waals surface area contributed by atoms with Crippen LogP contribution in [0.3, 0.4) is 0 Å². The minimum atomic E-state index is -0.224. The van der Waals surface area contributed by atoms with Crippen LogP contribution < -0.4 is 10.2 Å². The molecule has 28 heavy (non-hydrogen) atoms. The molecule has 2 atom stereocenters. The zero-order valence-electron chi connectivity index (χ0n) is 16.7. The van der Waals surface area contributed by atoms with Crippen molar-refractivity contribution in [2.45, 2.75) is 46.4 Å². The number of rotatable bonds is 4. The van der Waals surface area contributed by atoms with Crippen LogP contribution in [0.4, 0.5) is 15.8 Å². The zero-order chi connectivity index (χ0) is 19.8. The van der Waals surface area contributed by atoms with E-state index in [4.69, 9.17) is 4.74 Å². The number of imidazole rings is 1. The standard InChI is InChI=1S/C21H26FN5O/c1-13-7-14(2)27-18(10-24-21(27)25-13)9-23-17-5-6-20(19(22)8-17)26-11-15(3)28-16(4)12-26/h5-8,10,15-16,23H,9,11-12H2,1-4H3/t15-,16+. The third kappa shape index (κ3) is 3.67. The summed E-state index contributed by atoms with van der Waals surface area (Å²) in [5.74, 6) is 0.462. The number of aromatic nitrogens is 3. The maximum Gasteiger partial charge on any atom is 0.234 e. The lowest BCUT2D eigenvalue weighted by molar-refractivity contribution is -0.00539. The summed E-state index contributed by atoms with van der Waals surface area (Å²) in [5.41, 5.74) is 4.37. The minimum Gasteiger partial charge on any atom is -0.379 e. The van der Waals surface area contributed by atoms with Gasteiger partial charge in [-0.25, -0.2) is 14.4 Å². The van der Waals surface area contributed by atoms with Gasteiger partial charge in [0.05, 0.1) is 36.3 Å². The largest absolute Gasteiger partial charge is 0.379 e. The van der Waals surface area contributed by atoms with Gasteiger partial charge in [-0.2, -0.15) is 0 Å². The molecule has 1 aromatic carbocycles. The smallest absolute Gasteiger partial charge is 0.234 e. The van der Waals surface area contributed by atoms with Gasteiger partial charge < -0.3 is 15.0 Å². The Morgan fingerprint density at radius 1 is 1.18 bits per heavy atom. The lowest BCUT2D eigenvalue weighted by atomic mass is 10.2. The maximum atomic E-state index is 14.8. The predicted molar refractivity (Wildman–Crippen MR) is 108 cm³/mol. The summed E-state index contributed by atoms with van der Waals surface area (Å²) in [6.07, 6.45) is 2.00. The Hall–Kier alpha value is -2.67. The van der Waals surface area contributed by atoms with Crippen LogP contribution in [0.2, 0.25) is 0 Å². The summed E-state index contributed by atoms with van der Waals surface area (Å²) in [6.45, 7) is 9.96. The van der Waals surface area contributed by atoms with Gasteiger partial charge in [-0.15, -0.1) is 0 Å². The van der Waals surface area contributed by atoms with Crippen LogP contribution in [0.15, 0.2) is 30.5 Å². The average Bonchev–Trinajstić information content (AvgIpc) is 3.02. The molecule has 1 fully saturated rings. The number of aryl methyl sites for hydroxylation is 2. The third-order valence-corrected chi connectivity index (χ3v) is 5.04. The molecule has 3 heterocycles. The average molecular weight is 383 g/mol. The topological polar surface area (TPSA) is 54.7 Å². The van der Waals surface area contributed by atoms with Crippen LogP contribution in [-0.2, 0) is 11.3 Å². The molecule has 1 saturated heterocycles. The zero-order valence-corrected chi connectivity index (χ0v) is 16.7. The van der Waals surface area contributed by atoms with E-state index in [1.807, 2.05) is 56.5 Å². The Balaban J connectivity index is 1.50. The van der Waals surface area contributed by atoms with Crippen molar-refractivity contribution >= 4 is 17.2 Å². The lowest BCUT2D eigenvalue weighted by Crippen LogP contribution is -2.45. The highest BCUT2D eigenvalue weighted by molar-refractivity contribution is 5.57. The minimum absolute atomic E-state index is 0.0941. The fourth-order valence-electron chi connectivity index (χ4n) is 3.96. The first-order chi connectivity index (χ1) is 13.4. The molecule has 0 spiro atoms. The van der Waals surface area contributed by atoms with Crippen molar-refractivity contribution in [1.82, 2.24) is 14.4 Å². The van der Waals surface area contributed by atoms with Gasteiger partial charge in [0.25, 0.3) is 0 Å². The van der Waals surface area contributed by atoms with Gasteiger partial charge in [0.15, 0.2) is 0 Å². The molecule has 3 aromatic rings. The quantitative estimate of drug-likeness (QED) is 0.744. The van der Waals surface area contributed by atoms with Gasteiger partial charge in [0.1, 0.15) is 5.82 Å². The number of anilines is 2. The van der Waals surface area contributed by atoms with E-state index in [2.05, 4.69) is 20.2 Å². The van der Waals surface area contributed by atoms with Gasteiger partial charge in [0, 0.05) is 30.2 Å². The van der Waals surface area contributed by atoms with Gasteiger partial charge in [-0.1, -0.05) is 0 Å². The molecule has 0 saturated carbocycles. The number of nitrogens with one attached hydrogen (secondary N) is 1. The van der Waals surface area contributed by atoms with Crippen molar-refractivity contribution in [3.63, 3.8) is 0 Å². The van der Waals surface area contributed by atoms with Gasteiger partial charge in [-0.3, -0.25) is 4.40 Å². The molecule has 6 nitrogen and oxygen atoms in total. The summed E-state index contributed by atoms with van der Waals surface area (Å²) in [5, 5.41) is 3.30. The van der Waals surface area contributed by atoms with Crippen molar-refractivity contribution in [2.24, 2.45) is 0 Å². The van der Waals surface area contributed by atoms with E-state index in [1.54, 1.807) is 6.07 Å². The van der Waals surface area contributed by atoms with E-state index in [0.29, 0.717) is 31.1 Å². The van der Waals surface area contributed by atoms with Crippen LogP contribution in [-0.4, -0.2) is 39.7 Å². The number of halogens is 1. The molecule has 4 rings (SSSR count). The second-order valence-electron chi connectivity index (χ2n) is 7.61. The number of hydrogen-bond donors (Lipinski definition) is 1. The molecule has 1 N–H and O–H groups in total. The van der Waals surface area contributed by atoms with Crippen LogP contribution in [0, 0.1) is 19.7 Å². The van der Waals surface area contributed by atoms with Crippen LogP contribution in [0.5, 0.6) is 0 Å². The number of morpholine rings is 1. The molecule has 0 amide bonds. The molecule has 7 heteroatoms. The van der Waals surface area contributed by atoms with Crippen LogP contribution >= 0.6 is 0 Å². The Kier molecular flexibility index (Phi) is 4.93. The van der Waals surface area contributed by atoms with E-state index in [0.717, 1.165) is 22.8 Å². The number of ether oxygens (including phenoxy) is 1. The number of fused-ring (bicyclic) bond motifs is 1. The highest BCUT2D eigenvalue weighted by Crippen LogP contribution is 2.26. The second kappa shape index (κ2) is 7.39. The molecular formula is C21H26FN5O. The highest BCUT2D eigenvalue weighted by Gasteiger charge is 2.24. The molecule has 0 aliphatic carbocycles. The first-order valence-corrected chi connectivity index (χ1v) is 9.65. The molecule has 0 radical (unpaired) electrons. The fraction of sp³-hybridized carbons (Fsp3) is 0.429. The first-order valence-electron chi connectivity index (χ1n) is 9.65. The Bertz CT molecular complexity index is 992. The molecule has 2 aromatic heterocycles. The summed E-state index contributed by atoms with van der Waals surface area (Å²) >= 11 is 0. The second-order valence-corrected chi connectivity index (χ2v) is 7.61. The molecule has 148 valence electrons. The monoisotopic (exact) mass is 383 g/mol. The van der Waals surface area contributed by atoms with Gasteiger partial charge in [-0.05, 0) is 52.0 Å². The summed E-state index contributed by atoms with van der Waals surface area (Å²) in [7, 11) is 0. The fourth-order valence-corrected chi connectivity index (χ4v) is 3.96. The molecule has 0 bridgehead atoms. The number of benzene rings is 1. The maximum absolute atomic E-state index is 14.8. The SMILES string of the molecule is Cc1cc(C)n2c(CNc3ccc(N4C[C@@H](C)O[C@@H](C)C4)c(F)c3)cnc2n1. The van der Waals surface area contributed by atoms with Crippen LogP contribution in [0.25, 0.3) is 5.78 Å². The van der Waals surface area contributed by atoms with E-state index in [1.165, 1.54) is 0 Å². The van der Waals surface area contributed by atoms with Crippen molar-refractivity contribution in [3.05, 3.63) is 53.4 Å².